The zero-order chi connectivity index (χ0) is 13.1. The summed E-state index contributed by atoms with van der Waals surface area (Å²) in [7, 11) is 0. The molecule has 0 N–H and O–H groups in total. The molecular formula is C15H19N3. The standard InChI is InChI=1S/C15H19N3/c1-11(2)18-12(3)17-14-10-13(6-4-5-9-16)7-8-15(14)18/h7-8,10-11H,4-6H2,1-3H3. The zero-order valence-electron chi connectivity index (χ0n) is 11.3. The van der Waals surface area contributed by atoms with Gasteiger partial charge in [0, 0.05) is 12.5 Å². The van der Waals surface area contributed by atoms with Crippen molar-refractivity contribution in [1.29, 1.82) is 5.26 Å². The van der Waals surface area contributed by atoms with E-state index in [-0.39, 0.29) is 0 Å². The summed E-state index contributed by atoms with van der Waals surface area (Å²) in [6, 6.07) is 9.07. The number of aryl methyl sites for hydroxylation is 2. The van der Waals surface area contributed by atoms with E-state index in [1.165, 1.54) is 11.1 Å². The number of nitriles is 1. The Balaban J connectivity index is 2.33. The topological polar surface area (TPSA) is 41.6 Å². The fourth-order valence-electron chi connectivity index (χ4n) is 2.44. The molecule has 1 heterocycles. The van der Waals surface area contributed by atoms with Gasteiger partial charge in [0.1, 0.15) is 5.82 Å². The Morgan fingerprint density at radius 2 is 2.17 bits per heavy atom. The molecule has 0 aliphatic carbocycles. The van der Waals surface area contributed by atoms with Crippen LogP contribution in [0.5, 0.6) is 0 Å². The van der Waals surface area contributed by atoms with Gasteiger partial charge in [-0.3, -0.25) is 0 Å². The van der Waals surface area contributed by atoms with Gasteiger partial charge >= 0.3 is 0 Å². The van der Waals surface area contributed by atoms with E-state index >= 15 is 0 Å². The number of hydrogen-bond acceptors (Lipinski definition) is 2. The van der Waals surface area contributed by atoms with Gasteiger partial charge in [-0.25, -0.2) is 4.98 Å². The lowest BCUT2D eigenvalue weighted by Crippen LogP contribution is -2.02. The molecule has 0 atom stereocenters. The van der Waals surface area contributed by atoms with E-state index < -0.39 is 0 Å². The fraction of sp³-hybridized carbons (Fsp3) is 0.467. The van der Waals surface area contributed by atoms with Crippen LogP contribution in [-0.2, 0) is 6.42 Å². The third-order valence-corrected chi connectivity index (χ3v) is 3.20. The summed E-state index contributed by atoms with van der Waals surface area (Å²) < 4.78 is 2.26. The molecule has 2 aromatic rings. The second kappa shape index (κ2) is 5.22. The van der Waals surface area contributed by atoms with Gasteiger partial charge in [-0.2, -0.15) is 5.26 Å². The van der Waals surface area contributed by atoms with Crippen LogP contribution in [0.25, 0.3) is 11.0 Å². The fourth-order valence-corrected chi connectivity index (χ4v) is 2.44. The van der Waals surface area contributed by atoms with Crippen molar-refractivity contribution in [3.05, 3.63) is 29.6 Å². The molecule has 0 spiro atoms. The first kappa shape index (κ1) is 12.6. The SMILES string of the molecule is Cc1nc2cc(CCCC#N)ccc2n1C(C)C. The van der Waals surface area contributed by atoms with Crippen molar-refractivity contribution in [3.63, 3.8) is 0 Å². The van der Waals surface area contributed by atoms with Gasteiger partial charge in [-0.15, -0.1) is 0 Å². The van der Waals surface area contributed by atoms with Crippen LogP contribution in [0.4, 0.5) is 0 Å². The lowest BCUT2D eigenvalue weighted by Gasteiger charge is -2.10. The predicted molar refractivity (Wildman–Crippen MR) is 73.4 cm³/mol. The Morgan fingerprint density at radius 3 is 2.83 bits per heavy atom. The molecule has 0 radical (unpaired) electrons. The molecule has 0 aliphatic rings. The Labute approximate surface area is 108 Å². The van der Waals surface area contributed by atoms with E-state index in [1.54, 1.807) is 0 Å². The van der Waals surface area contributed by atoms with Crippen molar-refractivity contribution in [1.82, 2.24) is 9.55 Å². The van der Waals surface area contributed by atoms with Crippen molar-refractivity contribution in [3.8, 4) is 6.07 Å². The third kappa shape index (κ3) is 2.38. The predicted octanol–water partition coefficient (Wildman–Crippen LogP) is 3.77. The average molecular weight is 241 g/mol. The molecule has 0 amide bonds. The number of hydrogen-bond donors (Lipinski definition) is 0. The van der Waals surface area contributed by atoms with Crippen LogP contribution in [0, 0.1) is 18.3 Å². The van der Waals surface area contributed by atoms with Gasteiger partial charge in [0.2, 0.25) is 0 Å². The molecule has 1 aromatic carbocycles. The highest BCUT2D eigenvalue weighted by Crippen LogP contribution is 2.22. The van der Waals surface area contributed by atoms with Crippen LogP contribution in [0.1, 0.15) is 44.1 Å². The summed E-state index contributed by atoms with van der Waals surface area (Å²) in [5, 5.41) is 8.55. The largest absolute Gasteiger partial charge is 0.326 e. The van der Waals surface area contributed by atoms with Crippen LogP contribution in [0.2, 0.25) is 0 Å². The number of unbranched alkanes of at least 4 members (excludes halogenated alkanes) is 1. The monoisotopic (exact) mass is 241 g/mol. The molecule has 0 saturated heterocycles. The van der Waals surface area contributed by atoms with E-state index in [0.29, 0.717) is 12.5 Å². The van der Waals surface area contributed by atoms with Crippen LogP contribution in [0.3, 0.4) is 0 Å². The summed E-state index contributed by atoms with van der Waals surface area (Å²) in [4.78, 5) is 4.62. The molecule has 3 heteroatoms. The van der Waals surface area contributed by atoms with Gasteiger partial charge in [0.25, 0.3) is 0 Å². The number of fused-ring (bicyclic) bond motifs is 1. The molecule has 94 valence electrons. The molecule has 1 aromatic heterocycles. The second-order valence-corrected chi connectivity index (χ2v) is 4.96. The first-order valence-corrected chi connectivity index (χ1v) is 6.48. The van der Waals surface area contributed by atoms with E-state index in [1.807, 2.05) is 0 Å². The van der Waals surface area contributed by atoms with Crippen molar-refractivity contribution < 1.29 is 0 Å². The quantitative estimate of drug-likeness (QED) is 0.764. The van der Waals surface area contributed by atoms with Crippen LogP contribution < -0.4 is 0 Å². The first-order valence-electron chi connectivity index (χ1n) is 6.48. The summed E-state index contributed by atoms with van der Waals surface area (Å²) in [5.41, 5.74) is 3.54. The Hall–Kier alpha value is -1.82. The zero-order valence-corrected chi connectivity index (χ0v) is 11.3. The second-order valence-electron chi connectivity index (χ2n) is 4.96. The van der Waals surface area contributed by atoms with E-state index in [2.05, 4.69) is 54.6 Å². The van der Waals surface area contributed by atoms with Crippen molar-refractivity contribution in [2.75, 3.05) is 0 Å². The number of nitrogens with zero attached hydrogens (tertiary/aromatic N) is 3. The minimum absolute atomic E-state index is 0.430. The van der Waals surface area contributed by atoms with Crippen LogP contribution in [-0.4, -0.2) is 9.55 Å². The minimum atomic E-state index is 0.430. The van der Waals surface area contributed by atoms with Gasteiger partial charge in [0.05, 0.1) is 17.1 Å². The normalized spacial score (nSPS) is 11.1. The van der Waals surface area contributed by atoms with Crippen LogP contribution in [0.15, 0.2) is 18.2 Å². The average Bonchev–Trinajstić information content (AvgIpc) is 2.64. The maximum absolute atomic E-state index is 8.55. The molecule has 0 unspecified atom stereocenters. The number of aromatic nitrogens is 2. The molecular weight excluding hydrogens is 222 g/mol. The Morgan fingerprint density at radius 1 is 1.39 bits per heavy atom. The number of imidazole rings is 1. The third-order valence-electron chi connectivity index (χ3n) is 3.20. The molecule has 0 bridgehead atoms. The summed E-state index contributed by atoms with van der Waals surface area (Å²) in [6.07, 6.45) is 2.50. The minimum Gasteiger partial charge on any atom is -0.326 e. The first-order chi connectivity index (χ1) is 8.63. The lowest BCUT2D eigenvalue weighted by atomic mass is 10.1. The van der Waals surface area contributed by atoms with Gasteiger partial charge < -0.3 is 4.57 Å². The number of rotatable bonds is 4. The molecule has 18 heavy (non-hydrogen) atoms. The maximum atomic E-state index is 8.55. The smallest absolute Gasteiger partial charge is 0.106 e. The van der Waals surface area contributed by atoms with Gasteiger partial charge in [-0.05, 0) is 51.3 Å². The van der Waals surface area contributed by atoms with Gasteiger partial charge in [0.15, 0.2) is 0 Å². The lowest BCUT2D eigenvalue weighted by molar-refractivity contribution is 0.600. The Kier molecular flexibility index (Phi) is 3.66. The van der Waals surface area contributed by atoms with E-state index in [9.17, 15) is 0 Å². The molecule has 0 saturated carbocycles. The van der Waals surface area contributed by atoms with E-state index in [4.69, 9.17) is 5.26 Å². The molecule has 3 nitrogen and oxygen atoms in total. The van der Waals surface area contributed by atoms with Gasteiger partial charge in [-0.1, -0.05) is 6.07 Å². The van der Waals surface area contributed by atoms with Crippen molar-refractivity contribution in [2.45, 2.75) is 46.1 Å². The summed E-state index contributed by atoms with van der Waals surface area (Å²) in [5.74, 6) is 1.06. The van der Waals surface area contributed by atoms with Crippen molar-refractivity contribution in [2.24, 2.45) is 0 Å². The maximum Gasteiger partial charge on any atom is 0.106 e. The number of benzene rings is 1. The summed E-state index contributed by atoms with van der Waals surface area (Å²) >= 11 is 0. The van der Waals surface area contributed by atoms with Crippen molar-refractivity contribution >= 4 is 11.0 Å². The highest BCUT2D eigenvalue weighted by atomic mass is 15.1. The van der Waals surface area contributed by atoms with Crippen LogP contribution >= 0.6 is 0 Å². The highest BCUT2D eigenvalue weighted by molar-refractivity contribution is 5.77. The Bertz CT molecular complexity index is 588. The highest BCUT2D eigenvalue weighted by Gasteiger charge is 2.10. The molecule has 0 fully saturated rings. The molecule has 2 rings (SSSR count). The van der Waals surface area contributed by atoms with E-state index in [0.717, 1.165) is 24.2 Å². The summed E-state index contributed by atoms with van der Waals surface area (Å²) in [6.45, 7) is 6.40. The molecule has 0 aliphatic heterocycles.